The SMILES string of the molecule is CC(C)(O)C#Cc1ccc(C(=O)N2CCc3c(c(C(=O)NCc4ccccn4)nn3CC3CC3)C2)cc1. The monoisotopic (exact) mass is 497 g/mol. The van der Waals surface area contributed by atoms with Gasteiger partial charge in [0.2, 0.25) is 0 Å². The standard InChI is InChI=1S/C29H31N5O3/c1-29(2,37)14-12-20-8-10-22(11-9-20)28(36)33-16-13-25-24(19-33)26(32-34(25)18-21-6-7-21)27(35)31-17-23-5-3-4-15-30-23/h3-5,8-11,15,21,37H,6-7,13,16-19H2,1-2H3,(H,31,35). The molecule has 1 aromatic carbocycles. The van der Waals surface area contributed by atoms with Crippen LogP contribution in [-0.4, -0.2) is 48.7 Å². The van der Waals surface area contributed by atoms with E-state index in [0.717, 1.165) is 29.1 Å². The van der Waals surface area contributed by atoms with E-state index in [1.54, 1.807) is 49.2 Å². The van der Waals surface area contributed by atoms with Crippen molar-refractivity contribution in [2.45, 2.75) is 58.3 Å². The maximum Gasteiger partial charge on any atom is 0.272 e. The largest absolute Gasteiger partial charge is 0.378 e. The predicted octanol–water partition coefficient (Wildman–Crippen LogP) is 2.94. The van der Waals surface area contributed by atoms with E-state index >= 15 is 0 Å². The summed E-state index contributed by atoms with van der Waals surface area (Å²) in [5.74, 6) is 5.98. The molecule has 8 heteroatoms. The highest BCUT2D eigenvalue weighted by Crippen LogP contribution is 2.33. The van der Waals surface area contributed by atoms with Crippen LogP contribution in [0, 0.1) is 17.8 Å². The molecule has 190 valence electrons. The minimum absolute atomic E-state index is 0.0950. The molecule has 2 N–H and O–H groups in total. The molecule has 8 nitrogen and oxygen atoms in total. The van der Waals surface area contributed by atoms with Crippen LogP contribution in [0.3, 0.4) is 0 Å². The van der Waals surface area contributed by atoms with Gasteiger partial charge in [0.05, 0.1) is 18.8 Å². The third-order valence-electron chi connectivity index (χ3n) is 6.57. The Hall–Kier alpha value is -3.96. The van der Waals surface area contributed by atoms with Crippen LogP contribution in [-0.2, 0) is 26.1 Å². The Morgan fingerprint density at radius 1 is 1.16 bits per heavy atom. The molecule has 2 aromatic heterocycles. The van der Waals surface area contributed by atoms with Crippen LogP contribution in [0.2, 0.25) is 0 Å². The van der Waals surface area contributed by atoms with Crippen molar-refractivity contribution < 1.29 is 14.7 Å². The fourth-order valence-electron chi connectivity index (χ4n) is 4.40. The number of aromatic nitrogens is 3. The fraction of sp³-hybridized carbons (Fsp3) is 0.379. The Bertz CT molecular complexity index is 1360. The maximum atomic E-state index is 13.3. The molecule has 3 heterocycles. The molecular formula is C29H31N5O3. The van der Waals surface area contributed by atoms with Crippen LogP contribution in [0.1, 0.15) is 70.1 Å². The zero-order chi connectivity index (χ0) is 26.0. The Kier molecular flexibility index (Phi) is 6.81. The number of nitrogens with one attached hydrogen (secondary N) is 1. The molecule has 0 radical (unpaired) electrons. The number of carbonyl (C=O) groups excluding carboxylic acids is 2. The molecule has 1 saturated carbocycles. The first kappa shape index (κ1) is 24.7. The van der Waals surface area contributed by atoms with E-state index in [9.17, 15) is 14.7 Å². The fourth-order valence-corrected chi connectivity index (χ4v) is 4.40. The lowest BCUT2D eigenvalue weighted by atomic mass is 10.0. The number of benzene rings is 1. The molecule has 3 aromatic rings. The van der Waals surface area contributed by atoms with Crippen molar-refractivity contribution in [1.82, 2.24) is 25.0 Å². The summed E-state index contributed by atoms with van der Waals surface area (Å²) >= 11 is 0. The number of hydrogen-bond acceptors (Lipinski definition) is 5. The molecule has 37 heavy (non-hydrogen) atoms. The van der Waals surface area contributed by atoms with Gasteiger partial charge < -0.3 is 15.3 Å². The van der Waals surface area contributed by atoms with Gasteiger partial charge in [0.1, 0.15) is 5.60 Å². The second-order valence-electron chi connectivity index (χ2n) is 10.3. The van der Waals surface area contributed by atoms with Crippen molar-refractivity contribution in [3.63, 3.8) is 0 Å². The van der Waals surface area contributed by atoms with Gasteiger partial charge in [0, 0.05) is 48.1 Å². The number of fused-ring (bicyclic) bond motifs is 1. The zero-order valence-corrected chi connectivity index (χ0v) is 21.2. The average Bonchev–Trinajstić information content (AvgIpc) is 3.65. The van der Waals surface area contributed by atoms with Crippen LogP contribution in [0.4, 0.5) is 0 Å². The normalized spacial score (nSPS) is 14.9. The maximum absolute atomic E-state index is 13.3. The number of pyridine rings is 1. The zero-order valence-electron chi connectivity index (χ0n) is 21.2. The number of hydrogen-bond donors (Lipinski definition) is 2. The topological polar surface area (TPSA) is 100 Å². The van der Waals surface area contributed by atoms with Gasteiger partial charge in [-0.3, -0.25) is 19.3 Å². The summed E-state index contributed by atoms with van der Waals surface area (Å²) in [7, 11) is 0. The van der Waals surface area contributed by atoms with E-state index in [-0.39, 0.29) is 11.8 Å². The minimum atomic E-state index is -1.08. The first-order valence-electron chi connectivity index (χ1n) is 12.7. The predicted molar refractivity (Wildman–Crippen MR) is 138 cm³/mol. The molecule has 5 rings (SSSR count). The Labute approximate surface area is 216 Å². The average molecular weight is 498 g/mol. The molecule has 0 unspecified atom stereocenters. The summed E-state index contributed by atoms with van der Waals surface area (Å²) < 4.78 is 1.99. The molecule has 0 atom stereocenters. The molecule has 0 saturated heterocycles. The van der Waals surface area contributed by atoms with Gasteiger partial charge in [0.25, 0.3) is 11.8 Å². The highest BCUT2D eigenvalue weighted by Gasteiger charge is 2.32. The third kappa shape index (κ3) is 6.07. The van der Waals surface area contributed by atoms with E-state index in [0.29, 0.717) is 43.2 Å². The Morgan fingerprint density at radius 2 is 1.95 bits per heavy atom. The van der Waals surface area contributed by atoms with Crippen molar-refractivity contribution in [1.29, 1.82) is 0 Å². The number of carbonyl (C=O) groups is 2. The van der Waals surface area contributed by atoms with E-state index < -0.39 is 5.60 Å². The van der Waals surface area contributed by atoms with Gasteiger partial charge in [-0.1, -0.05) is 17.9 Å². The van der Waals surface area contributed by atoms with Crippen molar-refractivity contribution >= 4 is 11.8 Å². The lowest BCUT2D eigenvalue weighted by molar-refractivity contribution is 0.0730. The quantitative estimate of drug-likeness (QED) is 0.510. The second kappa shape index (κ2) is 10.2. The Balaban J connectivity index is 1.34. The molecule has 1 fully saturated rings. The van der Waals surface area contributed by atoms with E-state index in [1.165, 1.54) is 12.8 Å². The molecule has 2 aliphatic rings. The van der Waals surface area contributed by atoms with Crippen LogP contribution in [0.5, 0.6) is 0 Å². The summed E-state index contributed by atoms with van der Waals surface area (Å²) in [5.41, 5.74) is 3.25. The van der Waals surface area contributed by atoms with Crippen LogP contribution >= 0.6 is 0 Å². The van der Waals surface area contributed by atoms with Crippen molar-refractivity contribution in [2.24, 2.45) is 5.92 Å². The molecule has 1 aliphatic heterocycles. The molecule has 0 bridgehead atoms. The van der Waals surface area contributed by atoms with Gasteiger partial charge in [0.15, 0.2) is 5.69 Å². The van der Waals surface area contributed by atoms with Crippen molar-refractivity contribution in [3.05, 3.63) is 82.4 Å². The number of amides is 2. The first-order chi connectivity index (χ1) is 17.8. The van der Waals surface area contributed by atoms with Crippen LogP contribution in [0.15, 0.2) is 48.7 Å². The number of rotatable bonds is 6. The van der Waals surface area contributed by atoms with E-state index in [2.05, 4.69) is 22.1 Å². The Morgan fingerprint density at radius 3 is 2.62 bits per heavy atom. The van der Waals surface area contributed by atoms with E-state index in [1.807, 2.05) is 22.9 Å². The van der Waals surface area contributed by atoms with E-state index in [4.69, 9.17) is 5.10 Å². The lowest BCUT2D eigenvalue weighted by Crippen LogP contribution is -2.37. The highest BCUT2D eigenvalue weighted by atomic mass is 16.3. The van der Waals surface area contributed by atoms with Gasteiger partial charge >= 0.3 is 0 Å². The third-order valence-corrected chi connectivity index (χ3v) is 6.57. The number of aliphatic hydroxyl groups is 1. The molecule has 1 aliphatic carbocycles. The van der Waals surface area contributed by atoms with Gasteiger partial charge in [-0.25, -0.2) is 0 Å². The smallest absolute Gasteiger partial charge is 0.272 e. The molecule has 2 amide bonds. The summed E-state index contributed by atoms with van der Waals surface area (Å²) in [4.78, 5) is 32.6. The van der Waals surface area contributed by atoms with Gasteiger partial charge in [-0.05, 0) is 69.0 Å². The summed E-state index contributed by atoms with van der Waals surface area (Å²) in [6.45, 7) is 5.29. The second-order valence-corrected chi connectivity index (χ2v) is 10.3. The summed E-state index contributed by atoms with van der Waals surface area (Å²) in [5, 5.41) is 17.5. The lowest BCUT2D eigenvalue weighted by Gasteiger charge is -2.28. The van der Waals surface area contributed by atoms with Crippen LogP contribution in [0.25, 0.3) is 0 Å². The number of nitrogens with zero attached hydrogens (tertiary/aromatic N) is 4. The van der Waals surface area contributed by atoms with Crippen LogP contribution < -0.4 is 5.32 Å². The van der Waals surface area contributed by atoms with Crippen molar-refractivity contribution in [2.75, 3.05) is 6.54 Å². The summed E-state index contributed by atoms with van der Waals surface area (Å²) in [6, 6.07) is 12.7. The molecule has 0 spiro atoms. The van der Waals surface area contributed by atoms with Gasteiger partial charge in [-0.15, -0.1) is 0 Å². The molecular weight excluding hydrogens is 466 g/mol. The first-order valence-corrected chi connectivity index (χ1v) is 12.7. The minimum Gasteiger partial charge on any atom is -0.378 e. The highest BCUT2D eigenvalue weighted by molar-refractivity contribution is 5.96. The summed E-state index contributed by atoms with van der Waals surface area (Å²) in [6.07, 6.45) is 4.74. The van der Waals surface area contributed by atoms with Gasteiger partial charge in [-0.2, -0.15) is 5.10 Å². The van der Waals surface area contributed by atoms with Crippen molar-refractivity contribution in [3.8, 4) is 11.8 Å².